The highest BCUT2D eigenvalue weighted by atomic mass is 16.5. The number of benzene rings is 1. The van der Waals surface area contributed by atoms with Crippen LogP contribution in [0.5, 0.6) is 0 Å². The number of hydrogen-bond acceptors (Lipinski definition) is 3. The molecule has 0 aliphatic carbocycles. The summed E-state index contributed by atoms with van der Waals surface area (Å²) < 4.78 is 4.78. The van der Waals surface area contributed by atoms with Crippen molar-refractivity contribution in [2.75, 3.05) is 6.61 Å². The van der Waals surface area contributed by atoms with Crippen LogP contribution in [0.15, 0.2) is 30.3 Å². The first kappa shape index (κ1) is 14.2. The fourth-order valence-electron chi connectivity index (χ4n) is 1.51. The number of Topliss-reactive ketones (excluding diaryl/α,β-unsaturated/α-hetero) is 1. The summed E-state index contributed by atoms with van der Waals surface area (Å²) in [7, 11) is 0. The quantitative estimate of drug-likeness (QED) is 0.439. The van der Waals surface area contributed by atoms with Crippen molar-refractivity contribution in [1.29, 1.82) is 0 Å². The van der Waals surface area contributed by atoms with Crippen LogP contribution in [0, 0.1) is 0 Å². The summed E-state index contributed by atoms with van der Waals surface area (Å²) in [4.78, 5) is 22.7. The van der Waals surface area contributed by atoms with Crippen LogP contribution in [0.25, 0.3) is 6.08 Å². The Morgan fingerprint density at radius 3 is 2.39 bits per heavy atom. The van der Waals surface area contributed by atoms with Gasteiger partial charge in [-0.25, -0.2) is 4.79 Å². The lowest BCUT2D eigenvalue weighted by atomic mass is 10.0. The van der Waals surface area contributed by atoms with Gasteiger partial charge in [0.15, 0.2) is 5.78 Å². The maximum Gasteiger partial charge on any atom is 0.330 e. The number of carbonyl (C=O) groups is 2. The van der Waals surface area contributed by atoms with Crippen molar-refractivity contribution in [3.8, 4) is 0 Å². The highest BCUT2D eigenvalue weighted by Crippen LogP contribution is 2.09. The Kier molecular flexibility index (Phi) is 5.85. The van der Waals surface area contributed by atoms with E-state index in [1.165, 1.54) is 6.08 Å². The van der Waals surface area contributed by atoms with E-state index < -0.39 is 0 Å². The summed E-state index contributed by atoms with van der Waals surface area (Å²) >= 11 is 0. The zero-order valence-corrected chi connectivity index (χ0v) is 10.8. The lowest BCUT2D eigenvalue weighted by Crippen LogP contribution is -1.99. The van der Waals surface area contributed by atoms with E-state index in [1.807, 2.05) is 19.1 Å². The SMILES string of the molecule is CCCC(=O)c1ccc(/C=C/C(=O)OCC)cc1. The molecule has 0 heterocycles. The van der Waals surface area contributed by atoms with Crippen LogP contribution in [0.1, 0.15) is 42.6 Å². The minimum absolute atomic E-state index is 0.151. The Labute approximate surface area is 107 Å². The highest BCUT2D eigenvalue weighted by molar-refractivity contribution is 5.96. The standard InChI is InChI=1S/C15H18O3/c1-3-5-14(16)13-9-6-12(7-10-13)8-11-15(17)18-4-2/h6-11H,3-5H2,1-2H3/b11-8+. The van der Waals surface area contributed by atoms with Gasteiger partial charge in [0.1, 0.15) is 0 Å². The van der Waals surface area contributed by atoms with Gasteiger partial charge in [0.05, 0.1) is 6.61 Å². The second-order valence-electron chi connectivity index (χ2n) is 3.88. The van der Waals surface area contributed by atoms with Gasteiger partial charge in [-0.05, 0) is 25.0 Å². The molecule has 0 spiro atoms. The summed E-state index contributed by atoms with van der Waals surface area (Å²) in [6, 6.07) is 7.20. The third kappa shape index (κ3) is 4.53. The minimum atomic E-state index is -0.358. The van der Waals surface area contributed by atoms with Gasteiger partial charge in [0.25, 0.3) is 0 Å². The summed E-state index contributed by atoms with van der Waals surface area (Å²) in [6.45, 7) is 4.11. The lowest BCUT2D eigenvalue weighted by molar-refractivity contribution is -0.137. The van der Waals surface area contributed by atoms with Crippen molar-refractivity contribution in [3.63, 3.8) is 0 Å². The minimum Gasteiger partial charge on any atom is -0.463 e. The first-order valence-electron chi connectivity index (χ1n) is 6.15. The summed E-state index contributed by atoms with van der Waals surface area (Å²) in [6.07, 6.45) is 4.47. The number of esters is 1. The normalized spacial score (nSPS) is 10.6. The Balaban J connectivity index is 2.65. The van der Waals surface area contributed by atoms with E-state index >= 15 is 0 Å². The third-order valence-electron chi connectivity index (χ3n) is 2.41. The Hall–Kier alpha value is -1.90. The Morgan fingerprint density at radius 1 is 1.17 bits per heavy atom. The predicted octanol–water partition coefficient (Wildman–Crippen LogP) is 3.25. The Morgan fingerprint density at radius 2 is 1.83 bits per heavy atom. The molecule has 0 atom stereocenters. The van der Waals surface area contributed by atoms with Gasteiger partial charge in [0, 0.05) is 18.1 Å². The molecule has 1 aromatic carbocycles. The van der Waals surface area contributed by atoms with Crippen LogP contribution < -0.4 is 0 Å². The summed E-state index contributed by atoms with van der Waals surface area (Å²) in [5, 5.41) is 0. The van der Waals surface area contributed by atoms with E-state index in [2.05, 4.69) is 0 Å². The van der Waals surface area contributed by atoms with Crippen LogP contribution >= 0.6 is 0 Å². The molecule has 18 heavy (non-hydrogen) atoms. The van der Waals surface area contributed by atoms with Gasteiger partial charge in [-0.1, -0.05) is 31.2 Å². The van der Waals surface area contributed by atoms with Gasteiger partial charge in [0.2, 0.25) is 0 Å². The topological polar surface area (TPSA) is 43.4 Å². The summed E-state index contributed by atoms with van der Waals surface area (Å²) in [5.41, 5.74) is 1.58. The van der Waals surface area contributed by atoms with Crippen molar-refractivity contribution in [2.24, 2.45) is 0 Å². The van der Waals surface area contributed by atoms with Gasteiger partial charge in [-0.3, -0.25) is 4.79 Å². The number of ketones is 1. The molecule has 3 heteroatoms. The van der Waals surface area contributed by atoms with E-state index in [4.69, 9.17) is 4.74 Å². The van der Waals surface area contributed by atoms with Crippen molar-refractivity contribution >= 4 is 17.8 Å². The first-order chi connectivity index (χ1) is 8.67. The molecule has 0 saturated carbocycles. The molecule has 0 aliphatic rings. The molecule has 0 radical (unpaired) electrons. The zero-order valence-electron chi connectivity index (χ0n) is 10.8. The first-order valence-corrected chi connectivity index (χ1v) is 6.15. The average molecular weight is 246 g/mol. The maximum atomic E-state index is 11.6. The van der Waals surface area contributed by atoms with Gasteiger partial charge in [-0.15, -0.1) is 0 Å². The maximum absolute atomic E-state index is 11.6. The van der Waals surface area contributed by atoms with E-state index in [-0.39, 0.29) is 11.8 Å². The van der Waals surface area contributed by atoms with E-state index in [0.717, 1.165) is 12.0 Å². The van der Waals surface area contributed by atoms with Crippen LogP contribution in [0.4, 0.5) is 0 Å². The lowest BCUT2D eigenvalue weighted by Gasteiger charge is -2.00. The van der Waals surface area contributed by atoms with Crippen molar-refractivity contribution in [1.82, 2.24) is 0 Å². The van der Waals surface area contributed by atoms with Crippen molar-refractivity contribution in [2.45, 2.75) is 26.7 Å². The second kappa shape index (κ2) is 7.43. The summed E-state index contributed by atoms with van der Waals surface area (Å²) in [5.74, 6) is -0.206. The predicted molar refractivity (Wildman–Crippen MR) is 71.3 cm³/mol. The van der Waals surface area contributed by atoms with Gasteiger partial charge in [-0.2, -0.15) is 0 Å². The fraction of sp³-hybridized carbons (Fsp3) is 0.333. The van der Waals surface area contributed by atoms with Crippen molar-refractivity contribution in [3.05, 3.63) is 41.5 Å². The molecular formula is C15H18O3. The second-order valence-corrected chi connectivity index (χ2v) is 3.88. The average Bonchev–Trinajstić information content (AvgIpc) is 2.37. The van der Waals surface area contributed by atoms with Crippen LogP contribution in [0.3, 0.4) is 0 Å². The molecule has 0 N–H and O–H groups in total. The van der Waals surface area contributed by atoms with Crippen LogP contribution in [-0.2, 0) is 9.53 Å². The molecule has 0 bridgehead atoms. The molecule has 0 aliphatic heterocycles. The van der Waals surface area contributed by atoms with Crippen LogP contribution in [0.2, 0.25) is 0 Å². The van der Waals surface area contributed by atoms with Gasteiger partial charge < -0.3 is 4.74 Å². The number of hydrogen-bond donors (Lipinski definition) is 0. The largest absolute Gasteiger partial charge is 0.463 e. The van der Waals surface area contributed by atoms with Crippen molar-refractivity contribution < 1.29 is 14.3 Å². The molecule has 0 unspecified atom stereocenters. The van der Waals surface area contributed by atoms with Gasteiger partial charge >= 0.3 is 5.97 Å². The number of carbonyl (C=O) groups excluding carboxylic acids is 2. The van der Waals surface area contributed by atoms with E-state index in [9.17, 15) is 9.59 Å². The molecular weight excluding hydrogens is 228 g/mol. The molecule has 96 valence electrons. The highest BCUT2D eigenvalue weighted by Gasteiger charge is 2.03. The van der Waals surface area contributed by atoms with E-state index in [1.54, 1.807) is 25.1 Å². The number of ether oxygens (including phenoxy) is 1. The molecule has 3 nitrogen and oxygen atoms in total. The number of rotatable bonds is 6. The monoisotopic (exact) mass is 246 g/mol. The molecule has 1 rings (SSSR count). The molecule has 0 saturated heterocycles. The molecule has 1 aromatic rings. The Bertz CT molecular complexity index is 430. The fourth-order valence-corrected chi connectivity index (χ4v) is 1.51. The molecule has 0 amide bonds. The zero-order chi connectivity index (χ0) is 13.4. The van der Waals surface area contributed by atoms with Crippen LogP contribution in [-0.4, -0.2) is 18.4 Å². The smallest absolute Gasteiger partial charge is 0.330 e. The van der Waals surface area contributed by atoms with E-state index in [0.29, 0.717) is 18.6 Å². The third-order valence-corrected chi connectivity index (χ3v) is 2.41. The molecule has 0 aromatic heterocycles. The molecule has 0 fully saturated rings.